The standard InChI is InChI=1S/C15H17ClN2S2/c1-10(14-4-3-7-20-14)18(2)9-12-6-5-11(15(17)19)8-13(12)16/h3-8,10H,9H2,1-2H3,(H2,17,19). The highest BCUT2D eigenvalue weighted by Crippen LogP contribution is 2.27. The van der Waals surface area contributed by atoms with Gasteiger partial charge in [0.1, 0.15) is 4.99 Å². The molecule has 1 unspecified atom stereocenters. The molecule has 0 amide bonds. The molecule has 0 aliphatic heterocycles. The van der Waals surface area contributed by atoms with E-state index in [2.05, 4.69) is 36.4 Å². The van der Waals surface area contributed by atoms with Crippen molar-refractivity contribution in [3.63, 3.8) is 0 Å². The predicted octanol–water partition coefficient (Wildman–Crippen LogP) is 4.23. The maximum atomic E-state index is 6.31. The minimum atomic E-state index is 0.362. The van der Waals surface area contributed by atoms with Crippen LogP contribution in [0.4, 0.5) is 0 Å². The van der Waals surface area contributed by atoms with Crippen molar-refractivity contribution in [2.24, 2.45) is 5.73 Å². The van der Waals surface area contributed by atoms with Gasteiger partial charge in [-0.2, -0.15) is 0 Å². The van der Waals surface area contributed by atoms with E-state index in [0.29, 0.717) is 16.1 Å². The Balaban J connectivity index is 2.11. The summed E-state index contributed by atoms with van der Waals surface area (Å²) in [6.45, 7) is 2.98. The molecule has 1 aromatic carbocycles. The zero-order chi connectivity index (χ0) is 14.7. The largest absolute Gasteiger partial charge is 0.389 e. The van der Waals surface area contributed by atoms with Crippen LogP contribution in [-0.4, -0.2) is 16.9 Å². The molecule has 0 fully saturated rings. The van der Waals surface area contributed by atoms with E-state index in [-0.39, 0.29) is 0 Å². The topological polar surface area (TPSA) is 29.3 Å². The maximum absolute atomic E-state index is 6.31. The van der Waals surface area contributed by atoms with E-state index in [1.165, 1.54) is 4.88 Å². The van der Waals surface area contributed by atoms with Crippen molar-refractivity contribution in [2.45, 2.75) is 19.5 Å². The Bertz CT molecular complexity index is 596. The number of thiophene rings is 1. The molecule has 2 aromatic rings. The first-order valence-electron chi connectivity index (χ1n) is 6.31. The molecule has 0 saturated heterocycles. The number of halogens is 1. The lowest BCUT2D eigenvalue weighted by Crippen LogP contribution is -2.21. The highest BCUT2D eigenvalue weighted by atomic mass is 35.5. The lowest BCUT2D eigenvalue weighted by atomic mass is 10.1. The van der Waals surface area contributed by atoms with Crippen LogP contribution in [0.5, 0.6) is 0 Å². The molecule has 0 bridgehead atoms. The second kappa shape index (κ2) is 6.68. The Labute approximate surface area is 134 Å². The van der Waals surface area contributed by atoms with Crippen molar-refractivity contribution in [1.29, 1.82) is 0 Å². The Kier molecular flexibility index (Phi) is 5.16. The molecule has 0 saturated carbocycles. The molecule has 2 nitrogen and oxygen atoms in total. The van der Waals surface area contributed by atoms with Gasteiger partial charge in [-0.1, -0.05) is 42.0 Å². The highest BCUT2D eigenvalue weighted by Gasteiger charge is 2.14. The van der Waals surface area contributed by atoms with Crippen molar-refractivity contribution < 1.29 is 0 Å². The molecule has 1 atom stereocenters. The van der Waals surface area contributed by atoms with Crippen LogP contribution in [-0.2, 0) is 6.54 Å². The fraction of sp³-hybridized carbons (Fsp3) is 0.267. The van der Waals surface area contributed by atoms with Gasteiger partial charge in [-0.05, 0) is 37.0 Å². The smallest absolute Gasteiger partial charge is 0.104 e. The van der Waals surface area contributed by atoms with E-state index in [9.17, 15) is 0 Å². The molecule has 5 heteroatoms. The Morgan fingerprint density at radius 2 is 2.20 bits per heavy atom. The second-order valence-corrected chi connectivity index (χ2v) is 6.60. The molecule has 106 valence electrons. The number of nitrogens with zero attached hydrogens (tertiary/aromatic N) is 1. The molecule has 2 rings (SSSR count). The van der Waals surface area contributed by atoms with Crippen LogP contribution in [0.2, 0.25) is 5.02 Å². The summed E-state index contributed by atoms with van der Waals surface area (Å²) >= 11 is 13.0. The maximum Gasteiger partial charge on any atom is 0.104 e. The average Bonchev–Trinajstić information content (AvgIpc) is 2.93. The minimum Gasteiger partial charge on any atom is -0.389 e. The number of hydrogen-bond donors (Lipinski definition) is 1. The Morgan fingerprint density at radius 1 is 1.45 bits per heavy atom. The van der Waals surface area contributed by atoms with Crippen LogP contribution < -0.4 is 5.73 Å². The first-order valence-corrected chi connectivity index (χ1v) is 7.97. The second-order valence-electron chi connectivity index (χ2n) is 4.78. The number of benzene rings is 1. The molecule has 1 aromatic heterocycles. The van der Waals surface area contributed by atoms with Crippen molar-refractivity contribution >= 4 is 40.1 Å². The molecule has 0 radical (unpaired) electrons. The van der Waals surface area contributed by atoms with Gasteiger partial charge in [0, 0.05) is 28.0 Å². The van der Waals surface area contributed by atoms with Crippen molar-refractivity contribution in [2.75, 3.05) is 7.05 Å². The molecule has 0 spiro atoms. The van der Waals surface area contributed by atoms with E-state index < -0.39 is 0 Å². The summed E-state index contributed by atoms with van der Waals surface area (Å²) in [5, 5.41) is 2.81. The average molecular weight is 325 g/mol. The van der Waals surface area contributed by atoms with E-state index in [0.717, 1.165) is 17.7 Å². The van der Waals surface area contributed by atoms with E-state index >= 15 is 0 Å². The fourth-order valence-corrected chi connectivity index (χ4v) is 3.20. The monoisotopic (exact) mass is 324 g/mol. The van der Waals surface area contributed by atoms with E-state index in [1.54, 1.807) is 11.3 Å². The molecule has 1 heterocycles. The zero-order valence-corrected chi connectivity index (χ0v) is 13.9. The zero-order valence-electron chi connectivity index (χ0n) is 11.5. The van der Waals surface area contributed by atoms with Gasteiger partial charge in [-0.25, -0.2) is 0 Å². The quantitative estimate of drug-likeness (QED) is 0.835. The summed E-state index contributed by atoms with van der Waals surface area (Å²) in [4.78, 5) is 4.00. The summed E-state index contributed by atoms with van der Waals surface area (Å²) in [5.74, 6) is 0. The number of hydrogen-bond acceptors (Lipinski definition) is 3. The molecule has 0 aliphatic rings. The molecular weight excluding hydrogens is 308 g/mol. The molecule has 0 aliphatic carbocycles. The van der Waals surface area contributed by atoms with Gasteiger partial charge >= 0.3 is 0 Å². The van der Waals surface area contributed by atoms with E-state index in [1.807, 2.05) is 18.2 Å². The summed E-state index contributed by atoms with van der Waals surface area (Å²) in [5.41, 5.74) is 7.50. The van der Waals surface area contributed by atoms with Gasteiger partial charge < -0.3 is 5.73 Å². The van der Waals surface area contributed by atoms with Crippen LogP contribution in [0.3, 0.4) is 0 Å². The number of thiocarbonyl (C=S) groups is 1. The third-order valence-corrected chi connectivity index (χ3v) is 5.00. The van der Waals surface area contributed by atoms with Crippen LogP contribution in [0.1, 0.15) is 29.0 Å². The highest BCUT2D eigenvalue weighted by molar-refractivity contribution is 7.80. The third-order valence-electron chi connectivity index (χ3n) is 3.37. The van der Waals surface area contributed by atoms with Gasteiger partial charge in [-0.15, -0.1) is 11.3 Å². The van der Waals surface area contributed by atoms with Gasteiger partial charge in [0.15, 0.2) is 0 Å². The molecule has 20 heavy (non-hydrogen) atoms. The molecular formula is C15H17ClN2S2. The van der Waals surface area contributed by atoms with Crippen LogP contribution in [0, 0.1) is 0 Å². The SMILES string of the molecule is CC(c1cccs1)N(C)Cc1ccc(C(N)=S)cc1Cl. The lowest BCUT2D eigenvalue weighted by molar-refractivity contribution is 0.256. The van der Waals surface area contributed by atoms with Gasteiger partial charge in [-0.3, -0.25) is 4.90 Å². The van der Waals surface area contributed by atoms with Crippen molar-refractivity contribution in [3.05, 3.63) is 56.7 Å². The summed E-state index contributed by atoms with van der Waals surface area (Å²) in [7, 11) is 2.10. The van der Waals surface area contributed by atoms with Crippen molar-refractivity contribution in [1.82, 2.24) is 4.90 Å². The summed E-state index contributed by atoms with van der Waals surface area (Å²) in [6, 6.07) is 10.4. The Hall–Kier alpha value is -0.940. The predicted molar refractivity (Wildman–Crippen MR) is 91.5 cm³/mol. The minimum absolute atomic E-state index is 0.362. The van der Waals surface area contributed by atoms with Crippen LogP contribution >= 0.6 is 35.2 Å². The van der Waals surface area contributed by atoms with Gasteiger partial charge in [0.2, 0.25) is 0 Å². The van der Waals surface area contributed by atoms with E-state index in [4.69, 9.17) is 29.6 Å². The fourth-order valence-electron chi connectivity index (χ4n) is 1.98. The first kappa shape index (κ1) is 15.4. The summed E-state index contributed by atoms with van der Waals surface area (Å²) < 4.78 is 0. The van der Waals surface area contributed by atoms with Crippen molar-refractivity contribution in [3.8, 4) is 0 Å². The normalized spacial score (nSPS) is 12.6. The lowest BCUT2D eigenvalue weighted by Gasteiger charge is -2.24. The van der Waals surface area contributed by atoms with Crippen LogP contribution in [0.15, 0.2) is 35.7 Å². The summed E-state index contributed by atoms with van der Waals surface area (Å²) in [6.07, 6.45) is 0. The number of nitrogens with two attached hydrogens (primary N) is 1. The Morgan fingerprint density at radius 3 is 2.75 bits per heavy atom. The van der Waals surface area contributed by atoms with Crippen LogP contribution in [0.25, 0.3) is 0 Å². The van der Waals surface area contributed by atoms with Gasteiger partial charge in [0.25, 0.3) is 0 Å². The first-order chi connectivity index (χ1) is 9.49. The van der Waals surface area contributed by atoms with Gasteiger partial charge in [0.05, 0.1) is 0 Å². The number of rotatable bonds is 5. The third kappa shape index (κ3) is 3.58. The molecule has 2 N–H and O–H groups in total.